The third-order valence-electron chi connectivity index (χ3n) is 6.18. The van der Waals surface area contributed by atoms with Gasteiger partial charge in [-0.05, 0) is 47.7 Å². The Kier molecular flexibility index (Phi) is 6.55. The maximum absolute atomic E-state index is 13.8. The summed E-state index contributed by atoms with van der Waals surface area (Å²) in [6.07, 6.45) is -3.37. The largest absolute Gasteiger partial charge is 0.478 e. The van der Waals surface area contributed by atoms with Gasteiger partial charge in [0.25, 0.3) is 5.92 Å². The number of pyridine rings is 1. The normalized spacial score (nSPS) is 17.5. The lowest BCUT2D eigenvalue weighted by molar-refractivity contribution is -0.137. The Bertz CT molecular complexity index is 1310. The molecule has 0 unspecified atom stereocenters. The van der Waals surface area contributed by atoms with Crippen LogP contribution in [0.2, 0.25) is 0 Å². The van der Waals surface area contributed by atoms with Crippen LogP contribution in [0.5, 0.6) is 0 Å². The quantitative estimate of drug-likeness (QED) is 0.351. The highest BCUT2D eigenvalue weighted by atomic mass is 19.4. The van der Waals surface area contributed by atoms with Gasteiger partial charge in [-0.2, -0.15) is 22.0 Å². The molecular weight excluding hydrogens is 483 g/mol. The van der Waals surface area contributed by atoms with E-state index in [1.54, 1.807) is 6.07 Å². The van der Waals surface area contributed by atoms with E-state index < -0.39 is 47.6 Å². The molecule has 0 radical (unpaired) electrons. The van der Waals surface area contributed by atoms with Gasteiger partial charge in [0.15, 0.2) is 0 Å². The first kappa shape index (κ1) is 25.3. The van der Waals surface area contributed by atoms with Crippen LogP contribution in [0.4, 0.5) is 27.6 Å². The molecule has 2 atom stereocenters. The molecule has 1 aliphatic carbocycles. The van der Waals surface area contributed by atoms with Gasteiger partial charge in [0.1, 0.15) is 5.69 Å². The van der Waals surface area contributed by atoms with Crippen LogP contribution in [0.15, 0.2) is 60.8 Å². The minimum absolute atomic E-state index is 0.171. The molecule has 1 aromatic heterocycles. The SMILES string of the molecule is CCC(F)(F)c1ccc(-c2ccc(NC(=O)[C@@H]3C[C@H]3c3cccc(C(F)(F)F)c3)cc2C(=O)O)cn1. The van der Waals surface area contributed by atoms with Gasteiger partial charge in [-0.1, -0.05) is 37.3 Å². The van der Waals surface area contributed by atoms with Gasteiger partial charge in [-0.15, -0.1) is 0 Å². The molecule has 2 N–H and O–H groups in total. The van der Waals surface area contributed by atoms with E-state index in [1.165, 1.54) is 43.5 Å². The molecule has 1 amide bonds. The number of halogens is 5. The number of aromatic nitrogens is 1. The molecule has 1 saturated carbocycles. The van der Waals surface area contributed by atoms with Gasteiger partial charge >= 0.3 is 12.1 Å². The number of carbonyl (C=O) groups excluding carboxylic acids is 1. The molecule has 4 rings (SSSR count). The van der Waals surface area contributed by atoms with Crippen molar-refractivity contribution in [3.63, 3.8) is 0 Å². The number of hydrogen-bond donors (Lipinski definition) is 2. The number of benzene rings is 2. The van der Waals surface area contributed by atoms with E-state index in [2.05, 4.69) is 10.3 Å². The monoisotopic (exact) mass is 504 g/mol. The predicted molar refractivity (Wildman–Crippen MR) is 122 cm³/mol. The van der Waals surface area contributed by atoms with Crippen LogP contribution in [0.25, 0.3) is 11.1 Å². The second-order valence-corrected chi connectivity index (χ2v) is 8.62. The lowest BCUT2D eigenvalue weighted by Gasteiger charge is -2.14. The van der Waals surface area contributed by atoms with E-state index in [0.717, 1.165) is 18.2 Å². The molecule has 36 heavy (non-hydrogen) atoms. The summed E-state index contributed by atoms with van der Waals surface area (Å²) in [5, 5.41) is 12.3. The third kappa shape index (κ3) is 5.22. The highest BCUT2D eigenvalue weighted by Gasteiger charge is 2.44. The Hall–Kier alpha value is -3.82. The van der Waals surface area contributed by atoms with Gasteiger partial charge in [0.2, 0.25) is 5.91 Å². The molecule has 1 aliphatic rings. The van der Waals surface area contributed by atoms with Crippen LogP contribution in [0.1, 0.15) is 52.9 Å². The Morgan fingerprint density at radius 3 is 2.42 bits per heavy atom. The summed E-state index contributed by atoms with van der Waals surface area (Å²) < 4.78 is 66.6. The number of aromatic carboxylic acids is 1. The van der Waals surface area contributed by atoms with Gasteiger partial charge in [-0.3, -0.25) is 9.78 Å². The molecule has 1 fully saturated rings. The second-order valence-electron chi connectivity index (χ2n) is 8.62. The van der Waals surface area contributed by atoms with Gasteiger partial charge in [0.05, 0.1) is 11.1 Å². The summed E-state index contributed by atoms with van der Waals surface area (Å²) in [6, 6.07) is 11.5. The first-order valence-corrected chi connectivity index (χ1v) is 11.1. The minimum atomic E-state index is -4.48. The maximum atomic E-state index is 13.8. The average Bonchev–Trinajstić information content (AvgIpc) is 3.65. The number of hydrogen-bond acceptors (Lipinski definition) is 3. The fourth-order valence-electron chi connectivity index (χ4n) is 4.04. The molecule has 0 bridgehead atoms. The van der Waals surface area contributed by atoms with Crippen molar-refractivity contribution >= 4 is 17.6 Å². The van der Waals surface area contributed by atoms with Gasteiger partial charge in [0, 0.05) is 29.8 Å². The molecule has 188 valence electrons. The zero-order valence-electron chi connectivity index (χ0n) is 18.9. The summed E-state index contributed by atoms with van der Waals surface area (Å²) in [4.78, 5) is 28.3. The smallest absolute Gasteiger partial charge is 0.416 e. The number of carboxylic acids is 1. The van der Waals surface area contributed by atoms with E-state index in [1.807, 2.05) is 0 Å². The number of carbonyl (C=O) groups is 2. The topological polar surface area (TPSA) is 79.3 Å². The molecule has 10 heteroatoms. The van der Waals surface area contributed by atoms with Crippen LogP contribution in [0, 0.1) is 5.92 Å². The van der Waals surface area contributed by atoms with Gasteiger partial charge < -0.3 is 10.4 Å². The van der Waals surface area contributed by atoms with Crippen molar-refractivity contribution in [3.8, 4) is 11.1 Å². The van der Waals surface area contributed by atoms with Crippen molar-refractivity contribution in [1.29, 1.82) is 0 Å². The molecule has 1 heterocycles. The van der Waals surface area contributed by atoms with Crippen molar-refractivity contribution in [2.75, 3.05) is 5.32 Å². The highest BCUT2D eigenvalue weighted by Crippen LogP contribution is 2.49. The van der Waals surface area contributed by atoms with E-state index in [0.29, 0.717) is 17.5 Å². The molecule has 3 aromatic rings. The number of carboxylic acid groups (broad SMARTS) is 1. The Morgan fingerprint density at radius 2 is 1.81 bits per heavy atom. The fourth-order valence-corrected chi connectivity index (χ4v) is 4.04. The summed E-state index contributed by atoms with van der Waals surface area (Å²) in [6.45, 7) is 1.33. The minimum Gasteiger partial charge on any atom is -0.478 e. The number of nitrogens with zero attached hydrogens (tertiary/aromatic N) is 1. The molecule has 0 aliphatic heterocycles. The van der Waals surface area contributed by atoms with Crippen LogP contribution >= 0.6 is 0 Å². The number of rotatable bonds is 7. The molecule has 2 aromatic carbocycles. The number of anilines is 1. The molecular formula is C26H21F5N2O3. The lowest BCUT2D eigenvalue weighted by Crippen LogP contribution is -2.15. The molecule has 5 nitrogen and oxygen atoms in total. The van der Waals surface area contributed by atoms with Crippen molar-refractivity contribution in [1.82, 2.24) is 4.98 Å². The summed E-state index contributed by atoms with van der Waals surface area (Å²) in [5.74, 6) is -5.74. The standard InChI is InChI=1S/C26H21F5N2O3/c1-2-25(27,28)22-9-6-15(13-32-22)18-8-7-17(11-21(18)24(35)36)33-23(34)20-12-19(20)14-4-3-5-16(10-14)26(29,30)31/h3-11,13,19-20H,2,12H2,1H3,(H,33,34)(H,35,36)/t19-,20+/m0/s1. The molecule has 0 spiro atoms. The summed E-state index contributed by atoms with van der Waals surface area (Å²) in [7, 11) is 0. The Balaban J connectivity index is 1.50. The maximum Gasteiger partial charge on any atom is 0.416 e. The van der Waals surface area contributed by atoms with Crippen LogP contribution in [-0.4, -0.2) is 22.0 Å². The van der Waals surface area contributed by atoms with Crippen molar-refractivity contribution in [3.05, 3.63) is 83.2 Å². The third-order valence-corrected chi connectivity index (χ3v) is 6.18. The summed E-state index contributed by atoms with van der Waals surface area (Å²) in [5.41, 5.74) is -0.229. The zero-order valence-corrected chi connectivity index (χ0v) is 18.9. The fraction of sp³-hybridized carbons (Fsp3) is 0.269. The van der Waals surface area contributed by atoms with Crippen LogP contribution in [-0.2, 0) is 16.9 Å². The van der Waals surface area contributed by atoms with E-state index in [4.69, 9.17) is 0 Å². The lowest BCUT2D eigenvalue weighted by atomic mass is 9.99. The first-order valence-electron chi connectivity index (χ1n) is 11.1. The average molecular weight is 504 g/mol. The van der Waals surface area contributed by atoms with Crippen LogP contribution in [0.3, 0.4) is 0 Å². The number of alkyl halides is 5. The molecule has 0 saturated heterocycles. The first-order chi connectivity index (χ1) is 16.9. The number of nitrogens with one attached hydrogen (secondary N) is 1. The van der Waals surface area contributed by atoms with E-state index in [9.17, 15) is 36.6 Å². The Labute approximate surface area is 203 Å². The van der Waals surface area contributed by atoms with E-state index in [-0.39, 0.29) is 22.7 Å². The number of amides is 1. The second kappa shape index (κ2) is 9.33. The van der Waals surface area contributed by atoms with Crippen molar-refractivity contribution < 1.29 is 36.6 Å². The Morgan fingerprint density at radius 1 is 1.06 bits per heavy atom. The predicted octanol–water partition coefficient (Wildman–Crippen LogP) is 6.71. The van der Waals surface area contributed by atoms with Gasteiger partial charge in [-0.25, -0.2) is 4.79 Å². The van der Waals surface area contributed by atoms with E-state index >= 15 is 0 Å². The zero-order chi connectivity index (χ0) is 26.3. The van der Waals surface area contributed by atoms with Crippen molar-refractivity contribution in [2.45, 2.75) is 37.8 Å². The van der Waals surface area contributed by atoms with Crippen molar-refractivity contribution in [2.24, 2.45) is 5.92 Å². The highest BCUT2D eigenvalue weighted by molar-refractivity contribution is 6.00. The van der Waals surface area contributed by atoms with Crippen LogP contribution < -0.4 is 5.32 Å². The summed E-state index contributed by atoms with van der Waals surface area (Å²) >= 11 is 0.